The zero-order valence-corrected chi connectivity index (χ0v) is 19.7. The predicted molar refractivity (Wildman–Crippen MR) is 132 cm³/mol. The third kappa shape index (κ3) is 5.18. The molecule has 2 aromatic carbocycles. The van der Waals surface area contributed by atoms with Gasteiger partial charge in [0.05, 0.1) is 34.4 Å². The Bertz CT molecular complexity index is 1370. The number of amides is 1. The van der Waals surface area contributed by atoms with Crippen LogP contribution in [0.15, 0.2) is 71.7 Å². The highest BCUT2D eigenvalue weighted by molar-refractivity contribution is 6.42. The molecule has 2 aromatic heterocycles. The van der Waals surface area contributed by atoms with E-state index in [-0.39, 0.29) is 17.9 Å². The van der Waals surface area contributed by atoms with Crippen LogP contribution in [0.5, 0.6) is 0 Å². The Morgan fingerprint density at radius 2 is 1.76 bits per heavy atom. The third-order valence-corrected chi connectivity index (χ3v) is 6.15. The Balaban J connectivity index is 1.45. The van der Waals surface area contributed by atoms with Gasteiger partial charge in [0.15, 0.2) is 0 Å². The molecule has 0 aliphatic carbocycles. The second-order valence-corrected chi connectivity index (χ2v) is 8.56. The maximum absolute atomic E-state index is 12.7. The van der Waals surface area contributed by atoms with Gasteiger partial charge in [-0.15, -0.1) is 0 Å². The van der Waals surface area contributed by atoms with Gasteiger partial charge in [-0.3, -0.25) is 9.59 Å². The predicted octanol–water partition coefficient (Wildman–Crippen LogP) is 5.19. The van der Waals surface area contributed by atoms with Gasteiger partial charge in [0.2, 0.25) is 5.91 Å². The first-order chi connectivity index (χ1) is 15.8. The van der Waals surface area contributed by atoms with E-state index in [1.165, 1.54) is 6.07 Å². The smallest absolute Gasteiger partial charge is 0.250 e. The van der Waals surface area contributed by atoms with Gasteiger partial charge in [-0.05, 0) is 55.8 Å². The summed E-state index contributed by atoms with van der Waals surface area (Å²) in [5, 5.41) is 8.43. The van der Waals surface area contributed by atoms with Gasteiger partial charge in [-0.1, -0.05) is 41.4 Å². The van der Waals surface area contributed by atoms with Crippen LogP contribution in [-0.2, 0) is 17.8 Å². The number of halogens is 2. The van der Waals surface area contributed by atoms with E-state index in [1.807, 2.05) is 50.2 Å². The van der Waals surface area contributed by atoms with Crippen LogP contribution in [0.3, 0.4) is 0 Å². The Kier molecular flexibility index (Phi) is 6.67. The lowest BCUT2D eigenvalue weighted by molar-refractivity contribution is -0.115. The number of carbonyl (C=O) groups excluding carboxylic acids is 1. The molecule has 0 bridgehead atoms. The summed E-state index contributed by atoms with van der Waals surface area (Å²) in [7, 11) is 0. The average molecular weight is 481 g/mol. The molecule has 1 amide bonds. The first-order valence-electron chi connectivity index (χ1n) is 10.4. The van der Waals surface area contributed by atoms with Crippen LogP contribution >= 0.6 is 23.2 Å². The van der Waals surface area contributed by atoms with E-state index in [4.69, 9.17) is 23.2 Å². The van der Waals surface area contributed by atoms with E-state index in [1.54, 1.807) is 33.6 Å². The number of anilines is 1. The number of benzene rings is 2. The highest BCUT2D eigenvalue weighted by atomic mass is 35.5. The van der Waals surface area contributed by atoms with Crippen molar-refractivity contribution in [1.82, 2.24) is 14.3 Å². The SMILES string of the molecule is Cc1nn(-c2ccc(Cl)c(Cl)c2)c(C)c1CC(=O)Nc1ccc(Cn2ccccc2=O)cc1. The second kappa shape index (κ2) is 9.65. The molecule has 0 spiro atoms. The van der Waals surface area contributed by atoms with Gasteiger partial charge < -0.3 is 9.88 Å². The Morgan fingerprint density at radius 3 is 2.45 bits per heavy atom. The maximum Gasteiger partial charge on any atom is 0.250 e. The van der Waals surface area contributed by atoms with Gasteiger partial charge in [-0.25, -0.2) is 4.68 Å². The van der Waals surface area contributed by atoms with Crippen molar-refractivity contribution in [2.45, 2.75) is 26.8 Å². The molecular formula is C25H22Cl2N4O2. The number of hydrogen-bond donors (Lipinski definition) is 1. The molecular weight excluding hydrogens is 459 g/mol. The highest BCUT2D eigenvalue weighted by Gasteiger charge is 2.17. The summed E-state index contributed by atoms with van der Waals surface area (Å²) < 4.78 is 3.39. The summed E-state index contributed by atoms with van der Waals surface area (Å²) in [5.74, 6) is -0.137. The fraction of sp³-hybridized carbons (Fsp3) is 0.160. The van der Waals surface area contributed by atoms with Crippen molar-refractivity contribution in [3.63, 3.8) is 0 Å². The summed E-state index contributed by atoms with van der Waals surface area (Å²) in [6, 6.07) is 17.8. The summed E-state index contributed by atoms with van der Waals surface area (Å²) in [5.41, 5.74) is 4.89. The number of nitrogens with one attached hydrogen (secondary N) is 1. The van der Waals surface area contributed by atoms with E-state index >= 15 is 0 Å². The molecule has 0 aliphatic rings. The van der Waals surface area contributed by atoms with Crippen molar-refractivity contribution in [2.75, 3.05) is 5.32 Å². The normalized spacial score (nSPS) is 10.9. The van der Waals surface area contributed by atoms with Gasteiger partial charge in [0.25, 0.3) is 5.56 Å². The van der Waals surface area contributed by atoms with Crippen LogP contribution in [0.4, 0.5) is 5.69 Å². The number of rotatable bonds is 6. The molecule has 0 fully saturated rings. The highest BCUT2D eigenvalue weighted by Crippen LogP contribution is 2.26. The van der Waals surface area contributed by atoms with Gasteiger partial charge in [0, 0.05) is 29.2 Å². The van der Waals surface area contributed by atoms with Crippen molar-refractivity contribution in [3.05, 3.63) is 110 Å². The largest absolute Gasteiger partial charge is 0.326 e. The molecule has 6 nitrogen and oxygen atoms in total. The molecule has 8 heteroatoms. The zero-order valence-electron chi connectivity index (χ0n) is 18.2. The van der Waals surface area contributed by atoms with Crippen molar-refractivity contribution < 1.29 is 4.79 Å². The minimum absolute atomic E-state index is 0.0537. The van der Waals surface area contributed by atoms with Gasteiger partial charge in [0.1, 0.15) is 0 Å². The van der Waals surface area contributed by atoms with E-state index in [0.717, 1.165) is 28.2 Å². The summed E-state index contributed by atoms with van der Waals surface area (Å²) in [6.45, 7) is 4.27. The summed E-state index contributed by atoms with van der Waals surface area (Å²) in [6.07, 6.45) is 1.95. The van der Waals surface area contributed by atoms with Crippen molar-refractivity contribution in [3.8, 4) is 5.69 Å². The molecule has 1 N–H and O–H groups in total. The number of aromatic nitrogens is 3. The lowest BCUT2D eigenvalue weighted by atomic mass is 10.1. The molecule has 0 saturated carbocycles. The van der Waals surface area contributed by atoms with Crippen LogP contribution in [0.2, 0.25) is 10.0 Å². The quantitative estimate of drug-likeness (QED) is 0.412. The Labute approximate surface area is 201 Å². The number of aryl methyl sites for hydroxylation is 1. The zero-order chi connectivity index (χ0) is 23.5. The lowest BCUT2D eigenvalue weighted by Crippen LogP contribution is -2.18. The maximum atomic E-state index is 12.7. The summed E-state index contributed by atoms with van der Waals surface area (Å²) in [4.78, 5) is 24.6. The molecule has 0 aliphatic heterocycles. The molecule has 0 radical (unpaired) electrons. The first kappa shape index (κ1) is 22.8. The van der Waals surface area contributed by atoms with E-state index < -0.39 is 0 Å². The second-order valence-electron chi connectivity index (χ2n) is 7.75. The number of hydrogen-bond acceptors (Lipinski definition) is 3. The van der Waals surface area contributed by atoms with Crippen LogP contribution < -0.4 is 10.9 Å². The van der Waals surface area contributed by atoms with Crippen molar-refractivity contribution in [2.24, 2.45) is 0 Å². The van der Waals surface area contributed by atoms with Crippen LogP contribution in [0.1, 0.15) is 22.5 Å². The molecule has 168 valence electrons. The molecule has 0 unspecified atom stereocenters. The first-order valence-corrected chi connectivity index (χ1v) is 11.1. The van der Waals surface area contributed by atoms with Crippen LogP contribution in [-0.4, -0.2) is 20.3 Å². The van der Waals surface area contributed by atoms with Gasteiger partial charge >= 0.3 is 0 Å². The molecule has 2 heterocycles. The van der Waals surface area contributed by atoms with E-state index in [0.29, 0.717) is 22.3 Å². The molecule has 4 rings (SSSR count). The fourth-order valence-electron chi connectivity index (χ4n) is 3.65. The average Bonchev–Trinajstić information content (AvgIpc) is 3.07. The Morgan fingerprint density at radius 1 is 1.00 bits per heavy atom. The van der Waals surface area contributed by atoms with Crippen molar-refractivity contribution in [1.29, 1.82) is 0 Å². The topological polar surface area (TPSA) is 68.9 Å². The monoisotopic (exact) mass is 480 g/mol. The van der Waals surface area contributed by atoms with Gasteiger partial charge in [-0.2, -0.15) is 5.10 Å². The Hall–Kier alpha value is -3.35. The molecule has 33 heavy (non-hydrogen) atoms. The fourth-order valence-corrected chi connectivity index (χ4v) is 3.94. The minimum atomic E-state index is -0.137. The van der Waals surface area contributed by atoms with E-state index in [9.17, 15) is 9.59 Å². The third-order valence-electron chi connectivity index (χ3n) is 5.42. The number of nitrogens with zero attached hydrogens (tertiary/aromatic N) is 3. The molecule has 0 atom stereocenters. The molecule has 4 aromatic rings. The number of carbonyl (C=O) groups is 1. The van der Waals surface area contributed by atoms with E-state index in [2.05, 4.69) is 10.4 Å². The van der Waals surface area contributed by atoms with Crippen molar-refractivity contribution >= 4 is 34.8 Å². The standard InChI is InChI=1S/C25H22Cl2N4O2/c1-16-21(17(2)31(29-16)20-10-11-22(26)23(27)13-20)14-24(32)28-19-8-6-18(7-9-19)15-30-12-4-3-5-25(30)33/h3-13H,14-15H2,1-2H3,(H,28,32). The van der Waals surface area contributed by atoms with Crippen LogP contribution in [0.25, 0.3) is 5.69 Å². The number of pyridine rings is 1. The summed E-state index contributed by atoms with van der Waals surface area (Å²) >= 11 is 12.2. The lowest BCUT2D eigenvalue weighted by Gasteiger charge is -2.09. The van der Waals surface area contributed by atoms with Crippen LogP contribution in [0, 0.1) is 13.8 Å². The minimum Gasteiger partial charge on any atom is -0.326 e. The molecule has 0 saturated heterocycles.